The fourth-order valence-corrected chi connectivity index (χ4v) is 1.64. The van der Waals surface area contributed by atoms with Crippen molar-refractivity contribution >= 4 is 0 Å². The van der Waals surface area contributed by atoms with E-state index in [0.29, 0.717) is 0 Å². The van der Waals surface area contributed by atoms with Crippen molar-refractivity contribution in [1.82, 2.24) is 0 Å². The minimum absolute atomic E-state index is 2.90. The minimum Gasteiger partial charge on any atom is -0.237 e. The lowest BCUT2D eigenvalue weighted by Crippen LogP contribution is -2.76. The normalized spacial score (nSPS) is 16.9. The molecule has 0 aromatic carbocycles. The zero-order valence-electron chi connectivity index (χ0n) is 13.9. The molecule has 0 N–H and O–H groups in total. The van der Waals surface area contributed by atoms with Gasteiger partial charge in [0.25, 0.3) is 0 Å². The summed E-state index contributed by atoms with van der Waals surface area (Å²) in [5, 5.41) is 0. The Labute approximate surface area is 164 Å². The molecule has 0 spiro atoms. The number of hydrogen-bond donors (Lipinski definition) is 0. The maximum atomic E-state index is 13.2. The third kappa shape index (κ3) is 3.63. The molecule has 0 fully saturated rings. The lowest BCUT2D eigenvalue weighted by Gasteiger charge is -2.44. The molecule has 0 bridgehead atoms. The topological polar surface area (TPSA) is 0 Å². The molecular formula is C11HF22. The van der Waals surface area contributed by atoms with E-state index in [0.717, 1.165) is 0 Å². The van der Waals surface area contributed by atoms with Gasteiger partial charge >= 0.3 is 59.5 Å². The second-order valence-electron chi connectivity index (χ2n) is 5.82. The first-order valence-electron chi connectivity index (χ1n) is 6.73. The predicted molar refractivity (Wildman–Crippen MR) is 56.0 cm³/mol. The zero-order chi connectivity index (χ0) is 27.7. The summed E-state index contributed by atoms with van der Waals surface area (Å²) in [7, 11) is 0. The van der Waals surface area contributed by atoms with Gasteiger partial charge in [-0.15, -0.1) is 0 Å². The van der Waals surface area contributed by atoms with Gasteiger partial charge in [0.15, 0.2) is 0 Å². The molecule has 199 valence electrons. The summed E-state index contributed by atoms with van der Waals surface area (Å²) in [5.74, 6) is -78.3. The molecule has 0 aliphatic carbocycles. The molecule has 0 atom stereocenters. The first kappa shape index (κ1) is 31.5. The Hall–Kier alpha value is -1.54. The molecule has 1 radical (unpaired) electrons. The molecule has 0 saturated heterocycles. The predicted octanol–water partition coefficient (Wildman–Crippen LogP) is 7.40. The second-order valence-corrected chi connectivity index (χ2v) is 5.82. The lowest BCUT2D eigenvalue weighted by molar-refractivity contribution is -0.473. The van der Waals surface area contributed by atoms with E-state index in [4.69, 9.17) is 0 Å². The minimum atomic E-state index is -9.23. The van der Waals surface area contributed by atoms with Crippen LogP contribution in [0.3, 0.4) is 0 Å². The SMILES string of the molecule is F[CH]C(F)(F)C(F)(F)C(F)(F)C(F)(F)C(F)(F)C(F)(F)C(F)(F)C(F)(F)C(F)(F)C(F)(F)F. The van der Waals surface area contributed by atoms with E-state index in [1.807, 2.05) is 0 Å². The van der Waals surface area contributed by atoms with Crippen LogP contribution in [0, 0.1) is 6.67 Å². The molecule has 0 rings (SSSR count). The Morgan fingerprint density at radius 2 is 0.455 bits per heavy atom. The van der Waals surface area contributed by atoms with Crippen molar-refractivity contribution in [3.63, 3.8) is 0 Å². The summed E-state index contributed by atoms with van der Waals surface area (Å²) >= 11 is 0. The fourth-order valence-electron chi connectivity index (χ4n) is 1.64. The van der Waals surface area contributed by atoms with Gasteiger partial charge in [0.1, 0.15) is 0 Å². The Bertz CT molecular complexity index is 708. The summed E-state index contributed by atoms with van der Waals surface area (Å²) in [6.45, 7) is -2.90. The van der Waals surface area contributed by atoms with E-state index in [-0.39, 0.29) is 0 Å². The summed E-state index contributed by atoms with van der Waals surface area (Å²) in [6, 6.07) is 0. The molecule has 0 nitrogen and oxygen atoms in total. The van der Waals surface area contributed by atoms with Crippen molar-refractivity contribution in [2.45, 2.75) is 59.5 Å². The largest absolute Gasteiger partial charge is 0.460 e. The summed E-state index contributed by atoms with van der Waals surface area (Å²) < 4.78 is 280. The maximum Gasteiger partial charge on any atom is 0.460 e. The fraction of sp³-hybridized carbons (Fsp3) is 0.909. The van der Waals surface area contributed by atoms with E-state index >= 15 is 0 Å². The standard InChI is InChI=1S/C11HF22/c12-1-2(13,14)3(15,16)4(17,18)5(19,20)6(21,22)7(23,24)8(25,26)9(27,28)10(29,30)11(31,32)33/h1H. The van der Waals surface area contributed by atoms with Gasteiger partial charge in [-0.25, -0.2) is 4.39 Å². The van der Waals surface area contributed by atoms with Gasteiger partial charge in [-0.1, -0.05) is 0 Å². The van der Waals surface area contributed by atoms with Crippen LogP contribution in [0.2, 0.25) is 0 Å². The quantitative estimate of drug-likeness (QED) is 0.262. The molecule has 0 saturated carbocycles. The number of alkyl halides is 21. The monoisotopic (exact) mass is 551 g/mol. The molecule has 0 aliphatic rings. The second kappa shape index (κ2) is 7.48. The van der Waals surface area contributed by atoms with Gasteiger partial charge < -0.3 is 0 Å². The van der Waals surface area contributed by atoms with Crippen molar-refractivity contribution < 1.29 is 96.6 Å². The molecule has 0 aromatic rings. The Morgan fingerprint density at radius 3 is 0.636 bits per heavy atom. The smallest absolute Gasteiger partial charge is 0.237 e. The highest BCUT2D eigenvalue weighted by atomic mass is 19.4. The van der Waals surface area contributed by atoms with E-state index in [1.165, 1.54) is 0 Å². The third-order valence-electron chi connectivity index (χ3n) is 3.67. The molecule has 0 aromatic heterocycles. The highest BCUT2D eigenvalue weighted by Crippen LogP contribution is 2.66. The van der Waals surface area contributed by atoms with Crippen LogP contribution in [0.25, 0.3) is 0 Å². The van der Waals surface area contributed by atoms with Crippen LogP contribution in [0.5, 0.6) is 0 Å². The van der Waals surface area contributed by atoms with Gasteiger partial charge in [-0.2, -0.15) is 92.2 Å². The van der Waals surface area contributed by atoms with Gasteiger partial charge in [-0.05, 0) is 0 Å². The summed E-state index contributed by atoms with van der Waals surface area (Å²) in [6.07, 6.45) is -8.02. The number of hydrogen-bond acceptors (Lipinski definition) is 0. The van der Waals surface area contributed by atoms with Crippen LogP contribution in [-0.4, -0.2) is 59.5 Å². The van der Waals surface area contributed by atoms with Crippen LogP contribution in [0.4, 0.5) is 96.6 Å². The van der Waals surface area contributed by atoms with Crippen molar-refractivity contribution in [3.8, 4) is 0 Å². The number of rotatable bonds is 9. The highest BCUT2D eigenvalue weighted by molar-refractivity contribution is 5.18. The van der Waals surface area contributed by atoms with Crippen molar-refractivity contribution in [3.05, 3.63) is 6.67 Å². The average molecular weight is 551 g/mol. The highest BCUT2D eigenvalue weighted by Gasteiger charge is 2.97. The van der Waals surface area contributed by atoms with Crippen LogP contribution >= 0.6 is 0 Å². The molecular weight excluding hydrogens is 550 g/mol. The zero-order valence-corrected chi connectivity index (χ0v) is 13.9. The molecule has 0 heterocycles. The van der Waals surface area contributed by atoms with Crippen molar-refractivity contribution in [2.75, 3.05) is 0 Å². The van der Waals surface area contributed by atoms with Gasteiger partial charge in [0.2, 0.25) is 6.67 Å². The van der Waals surface area contributed by atoms with Crippen LogP contribution in [-0.2, 0) is 0 Å². The Kier molecular flexibility index (Phi) is 7.13. The number of halogens is 22. The summed E-state index contributed by atoms with van der Waals surface area (Å²) in [4.78, 5) is 0. The van der Waals surface area contributed by atoms with Crippen molar-refractivity contribution in [2.24, 2.45) is 0 Å². The molecule has 0 unspecified atom stereocenters. The Balaban J connectivity index is 7.03. The Morgan fingerprint density at radius 1 is 0.273 bits per heavy atom. The van der Waals surface area contributed by atoms with E-state index in [2.05, 4.69) is 0 Å². The molecule has 33 heavy (non-hydrogen) atoms. The van der Waals surface area contributed by atoms with E-state index < -0.39 is 66.2 Å². The van der Waals surface area contributed by atoms with Crippen LogP contribution < -0.4 is 0 Å². The molecule has 0 aliphatic heterocycles. The van der Waals surface area contributed by atoms with Gasteiger partial charge in [-0.3, -0.25) is 0 Å². The van der Waals surface area contributed by atoms with Crippen molar-refractivity contribution in [1.29, 1.82) is 0 Å². The first-order valence-corrected chi connectivity index (χ1v) is 6.73. The van der Waals surface area contributed by atoms with Crippen LogP contribution in [0.1, 0.15) is 0 Å². The maximum absolute atomic E-state index is 13.2. The first-order chi connectivity index (χ1) is 13.8. The third-order valence-corrected chi connectivity index (χ3v) is 3.67. The summed E-state index contributed by atoms with van der Waals surface area (Å²) in [5.41, 5.74) is 0. The van der Waals surface area contributed by atoms with E-state index in [9.17, 15) is 96.6 Å². The molecule has 0 amide bonds. The van der Waals surface area contributed by atoms with Gasteiger partial charge in [0.05, 0.1) is 0 Å². The van der Waals surface area contributed by atoms with E-state index in [1.54, 1.807) is 0 Å². The molecule has 22 heteroatoms. The average Bonchev–Trinajstić information content (AvgIpc) is 2.59. The van der Waals surface area contributed by atoms with Gasteiger partial charge in [0, 0.05) is 0 Å². The van der Waals surface area contributed by atoms with Crippen LogP contribution in [0.15, 0.2) is 0 Å². The lowest BCUT2D eigenvalue weighted by atomic mass is 9.86.